The van der Waals surface area contributed by atoms with Crippen LogP contribution < -0.4 is 5.32 Å². The average Bonchev–Trinajstić information content (AvgIpc) is 3.17. The number of hydrogen-bond acceptors (Lipinski definition) is 6. The molecule has 200 valence electrons. The van der Waals surface area contributed by atoms with Gasteiger partial charge in [-0.2, -0.15) is 0 Å². The van der Waals surface area contributed by atoms with Crippen LogP contribution in [0.3, 0.4) is 0 Å². The van der Waals surface area contributed by atoms with Gasteiger partial charge in [-0.15, -0.1) is 0 Å². The van der Waals surface area contributed by atoms with E-state index in [1.54, 1.807) is 0 Å². The number of hydrogen-bond donors (Lipinski definition) is 3. The number of rotatable bonds is 6. The molecule has 4 rings (SSSR count). The summed E-state index contributed by atoms with van der Waals surface area (Å²) < 4.78 is 10.5. The number of alkyl carbamates (subject to hydrolysis) is 1. The normalized spacial score (nSPS) is 45.5. The van der Waals surface area contributed by atoms with E-state index in [0.29, 0.717) is 36.6 Å². The van der Waals surface area contributed by atoms with E-state index in [9.17, 15) is 19.8 Å². The molecule has 0 radical (unpaired) electrons. The van der Waals surface area contributed by atoms with Crippen LogP contribution in [0.1, 0.15) is 85.5 Å². The monoisotopic (exact) mass is 493 g/mol. The summed E-state index contributed by atoms with van der Waals surface area (Å²) in [6, 6.07) is 0. The van der Waals surface area contributed by atoms with Gasteiger partial charge in [-0.25, -0.2) is 4.79 Å². The van der Waals surface area contributed by atoms with Crippen molar-refractivity contribution in [1.82, 2.24) is 5.32 Å². The van der Waals surface area contributed by atoms with E-state index in [0.717, 1.165) is 51.4 Å². The Bertz CT molecular complexity index is 789. The van der Waals surface area contributed by atoms with E-state index >= 15 is 0 Å². The van der Waals surface area contributed by atoms with Crippen molar-refractivity contribution in [3.8, 4) is 0 Å². The van der Waals surface area contributed by atoms with Gasteiger partial charge in [0.05, 0.1) is 19.3 Å². The Balaban J connectivity index is 1.50. The number of esters is 1. The van der Waals surface area contributed by atoms with Crippen LogP contribution >= 0.6 is 0 Å². The van der Waals surface area contributed by atoms with E-state index in [4.69, 9.17) is 9.47 Å². The number of aliphatic hydroxyl groups excluding tert-OH is 2. The van der Waals surface area contributed by atoms with Crippen LogP contribution in [0.25, 0.3) is 0 Å². The Hall–Kier alpha value is -1.34. The van der Waals surface area contributed by atoms with Crippen LogP contribution in [-0.4, -0.2) is 54.2 Å². The van der Waals surface area contributed by atoms with Gasteiger partial charge in [0.25, 0.3) is 0 Å². The van der Waals surface area contributed by atoms with Crippen molar-refractivity contribution in [1.29, 1.82) is 0 Å². The fourth-order valence-electron chi connectivity index (χ4n) is 9.21. The lowest BCUT2D eigenvalue weighted by Gasteiger charge is -2.63. The van der Waals surface area contributed by atoms with Crippen LogP contribution in [0, 0.1) is 46.3 Å². The Labute approximate surface area is 210 Å². The Morgan fingerprint density at radius 3 is 2.51 bits per heavy atom. The topological polar surface area (TPSA) is 105 Å². The van der Waals surface area contributed by atoms with Gasteiger partial charge >= 0.3 is 12.1 Å². The standard InChI is InChI=1S/C28H47NO6/c1-6-29-26(33)35-18-11-12-27(3)17(13-18)14-22(30)25-20-9-8-19(16(2)7-10-24(32)34-5)28(20,4)23(31)15-21(25)27/h16-23,25,30-31H,6-15H2,1-5H3,(H,29,33)/t16-,17+,18-,19-,20+,21+,22-,23+,25+,27+,28-/m1/s1. The largest absolute Gasteiger partial charge is 0.469 e. The van der Waals surface area contributed by atoms with Gasteiger partial charge in [0.2, 0.25) is 0 Å². The van der Waals surface area contributed by atoms with Crippen molar-refractivity contribution < 1.29 is 29.3 Å². The molecular weight excluding hydrogens is 446 g/mol. The van der Waals surface area contributed by atoms with E-state index in [2.05, 4.69) is 26.1 Å². The van der Waals surface area contributed by atoms with Gasteiger partial charge in [-0.3, -0.25) is 4.79 Å². The van der Waals surface area contributed by atoms with E-state index in [-0.39, 0.29) is 46.9 Å². The highest BCUT2D eigenvalue weighted by Gasteiger charge is 2.65. The zero-order chi connectivity index (χ0) is 25.5. The molecule has 11 atom stereocenters. The molecule has 0 bridgehead atoms. The third-order valence-electron chi connectivity index (χ3n) is 11.1. The highest BCUT2D eigenvalue weighted by atomic mass is 16.6. The van der Waals surface area contributed by atoms with Crippen molar-refractivity contribution in [2.24, 2.45) is 46.3 Å². The molecular formula is C28H47NO6. The highest BCUT2D eigenvalue weighted by molar-refractivity contribution is 5.69. The van der Waals surface area contributed by atoms with Gasteiger partial charge in [0.1, 0.15) is 6.10 Å². The molecule has 0 heterocycles. The van der Waals surface area contributed by atoms with Crippen LogP contribution in [-0.2, 0) is 14.3 Å². The summed E-state index contributed by atoms with van der Waals surface area (Å²) in [5, 5.41) is 25.9. The molecule has 35 heavy (non-hydrogen) atoms. The van der Waals surface area contributed by atoms with E-state index < -0.39 is 6.10 Å². The van der Waals surface area contributed by atoms with Gasteiger partial charge in [0.15, 0.2) is 0 Å². The first-order valence-electron chi connectivity index (χ1n) is 13.9. The number of carbonyl (C=O) groups excluding carboxylic acids is 2. The maximum Gasteiger partial charge on any atom is 0.407 e. The Morgan fingerprint density at radius 2 is 1.83 bits per heavy atom. The lowest BCUT2D eigenvalue weighted by Crippen LogP contribution is -2.62. The third-order valence-corrected chi connectivity index (χ3v) is 11.1. The number of ether oxygens (including phenoxy) is 2. The van der Waals surface area contributed by atoms with E-state index in [1.165, 1.54) is 7.11 Å². The van der Waals surface area contributed by atoms with Gasteiger partial charge in [0, 0.05) is 13.0 Å². The third kappa shape index (κ3) is 4.60. The molecule has 7 heteroatoms. The lowest BCUT2D eigenvalue weighted by molar-refractivity contribution is -0.207. The van der Waals surface area contributed by atoms with Gasteiger partial charge in [-0.05, 0) is 105 Å². The second-order valence-corrected chi connectivity index (χ2v) is 12.5. The first-order valence-corrected chi connectivity index (χ1v) is 13.9. The van der Waals surface area contributed by atoms with Crippen molar-refractivity contribution in [3.63, 3.8) is 0 Å². The minimum absolute atomic E-state index is 0.0435. The molecule has 0 spiro atoms. The molecule has 1 amide bonds. The number of amides is 1. The van der Waals surface area contributed by atoms with Gasteiger partial charge in [-0.1, -0.05) is 20.8 Å². The first kappa shape index (κ1) is 26.7. The first-order chi connectivity index (χ1) is 16.6. The minimum Gasteiger partial charge on any atom is -0.469 e. The molecule has 0 aromatic heterocycles. The number of nitrogens with one attached hydrogen (secondary N) is 1. The molecule has 0 saturated heterocycles. The van der Waals surface area contributed by atoms with Crippen LogP contribution in [0.4, 0.5) is 4.79 Å². The molecule has 0 aliphatic heterocycles. The Morgan fingerprint density at radius 1 is 1.09 bits per heavy atom. The second kappa shape index (κ2) is 10.2. The minimum atomic E-state index is -0.408. The summed E-state index contributed by atoms with van der Waals surface area (Å²) >= 11 is 0. The van der Waals surface area contributed by atoms with Crippen molar-refractivity contribution >= 4 is 12.1 Å². The summed E-state index contributed by atoms with van der Waals surface area (Å²) in [7, 11) is 1.43. The fourth-order valence-corrected chi connectivity index (χ4v) is 9.21. The summed E-state index contributed by atoms with van der Waals surface area (Å²) in [6.45, 7) is 9.26. The number of aliphatic hydroxyl groups is 2. The molecule has 0 aromatic carbocycles. The van der Waals surface area contributed by atoms with Crippen molar-refractivity contribution in [2.75, 3.05) is 13.7 Å². The smallest absolute Gasteiger partial charge is 0.407 e. The molecule has 4 aliphatic carbocycles. The highest BCUT2D eigenvalue weighted by Crippen LogP contribution is 2.68. The Kier molecular flexibility index (Phi) is 7.78. The van der Waals surface area contributed by atoms with E-state index in [1.807, 2.05) is 6.92 Å². The zero-order valence-corrected chi connectivity index (χ0v) is 22.3. The second-order valence-electron chi connectivity index (χ2n) is 12.5. The fraction of sp³-hybridized carbons (Fsp3) is 0.929. The lowest BCUT2D eigenvalue weighted by atomic mass is 9.43. The maximum atomic E-state index is 12.0. The maximum absolute atomic E-state index is 12.0. The molecule has 3 N–H and O–H groups in total. The molecule has 0 unspecified atom stereocenters. The summed E-state index contributed by atoms with van der Waals surface area (Å²) in [6.07, 6.45) is 6.08. The summed E-state index contributed by atoms with van der Waals surface area (Å²) in [5.41, 5.74) is -0.193. The average molecular weight is 494 g/mol. The molecule has 4 saturated carbocycles. The molecule has 4 aliphatic rings. The number of methoxy groups -OCH3 is 1. The zero-order valence-electron chi connectivity index (χ0n) is 22.3. The van der Waals surface area contributed by atoms with Crippen LogP contribution in [0.2, 0.25) is 0 Å². The number of carbonyl (C=O) groups is 2. The molecule has 0 aromatic rings. The predicted molar refractivity (Wildman–Crippen MR) is 132 cm³/mol. The number of fused-ring (bicyclic) bond motifs is 5. The predicted octanol–water partition coefficient (Wildman–Crippen LogP) is 4.29. The SMILES string of the molecule is CCNC(=O)O[C@@H]1CC[C@@]2(C)[C@@H](C1)C[C@@H](O)[C@@H]1[C@@H]2C[C@H](O)[C@]2(C)[C@@H]([C@H](C)CCC(=O)OC)CC[C@@H]12. The van der Waals surface area contributed by atoms with Crippen molar-refractivity contribution in [2.45, 2.75) is 104 Å². The van der Waals surface area contributed by atoms with Crippen LogP contribution in [0.15, 0.2) is 0 Å². The quantitative estimate of drug-likeness (QED) is 0.477. The van der Waals surface area contributed by atoms with Crippen LogP contribution in [0.5, 0.6) is 0 Å². The summed E-state index contributed by atoms with van der Waals surface area (Å²) in [4.78, 5) is 23.7. The molecule has 7 nitrogen and oxygen atoms in total. The van der Waals surface area contributed by atoms with Gasteiger partial charge < -0.3 is 25.0 Å². The molecule has 4 fully saturated rings. The van der Waals surface area contributed by atoms with Crippen molar-refractivity contribution in [3.05, 3.63) is 0 Å². The summed E-state index contributed by atoms with van der Waals surface area (Å²) in [5.74, 6) is 1.54.